The van der Waals surface area contributed by atoms with Crippen LogP contribution in [0.5, 0.6) is 11.5 Å². The first kappa shape index (κ1) is 14.4. The van der Waals surface area contributed by atoms with Crippen molar-refractivity contribution in [2.45, 2.75) is 0 Å². The molecule has 0 fully saturated rings. The largest absolute Gasteiger partial charge is 0.477 e. The van der Waals surface area contributed by atoms with Gasteiger partial charge in [0.15, 0.2) is 23.1 Å². The number of nitrogens with zero attached hydrogens (tertiary/aromatic N) is 1. The fourth-order valence-electron chi connectivity index (χ4n) is 1.59. The lowest BCUT2D eigenvalue weighted by Crippen LogP contribution is -2.04. The Kier molecular flexibility index (Phi) is 3.79. The van der Waals surface area contributed by atoms with E-state index in [4.69, 9.17) is 9.84 Å². The van der Waals surface area contributed by atoms with Crippen LogP contribution in [0.3, 0.4) is 0 Å². The van der Waals surface area contributed by atoms with Gasteiger partial charge in [0.05, 0.1) is 11.0 Å². The quantitative estimate of drug-likeness (QED) is 0.690. The average molecular weight is 295 g/mol. The molecule has 21 heavy (non-hydrogen) atoms. The van der Waals surface area contributed by atoms with Gasteiger partial charge in [0.2, 0.25) is 0 Å². The van der Waals surface area contributed by atoms with Crippen LogP contribution in [0.1, 0.15) is 10.4 Å². The Morgan fingerprint density at radius 1 is 1.14 bits per heavy atom. The minimum absolute atomic E-state index is 0.332. The van der Waals surface area contributed by atoms with Gasteiger partial charge in [-0.25, -0.2) is 13.6 Å². The van der Waals surface area contributed by atoms with Crippen LogP contribution in [0.4, 0.5) is 14.5 Å². The van der Waals surface area contributed by atoms with Crippen LogP contribution in [-0.4, -0.2) is 16.0 Å². The van der Waals surface area contributed by atoms with E-state index in [9.17, 15) is 23.7 Å². The Hall–Kier alpha value is -3.03. The molecule has 0 aromatic heterocycles. The molecule has 6 nitrogen and oxygen atoms in total. The summed E-state index contributed by atoms with van der Waals surface area (Å²) in [5.74, 6) is -4.54. The van der Waals surface area contributed by atoms with E-state index in [0.717, 1.165) is 6.07 Å². The molecule has 0 bridgehead atoms. The normalized spacial score (nSPS) is 10.2. The van der Waals surface area contributed by atoms with Gasteiger partial charge >= 0.3 is 5.97 Å². The highest BCUT2D eigenvalue weighted by molar-refractivity contribution is 5.92. The van der Waals surface area contributed by atoms with E-state index in [1.165, 1.54) is 18.2 Å². The zero-order valence-electron chi connectivity index (χ0n) is 10.2. The van der Waals surface area contributed by atoms with Crippen molar-refractivity contribution in [3.05, 3.63) is 63.7 Å². The van der Waals surface area contributed by atoms with Gasteiger partial charge in [-0.15, -0.1) is 0 Å². The zero-order valence-corrected chi connectivity index (χ0v) is 10.2. The van der Waals surface area contributed by atoms with E-state index < -0.39 is 39.5 Å². The summed E-state index contributed by atoms with van der Waals surface area (Å²) in [7, 11) is 0. The molecule has 2 aromatic rings. The Bertz CT molecular complexity index is 732. The number of carboxylic acid groups (broad SMARTS) is 1. The summed E-state index contributed by atoms with van der Waals surface area (Å²) in [5, 5.41) is 19.6. The maximum Gasteiger partial charge on any atom is 0.342 e. The fraction of sp³-hybridized carbons (Fsp3) is 0. The lowest BCUT2D eigenvalue weighted by molar-refractivity contribution is -0.385. The number of carbonyl (C=O) groups is 1. The molecule has 0 aliphatic carbocycles. The SMILES string of the molecule is O=C(O)c1cc(Oc2ccccc2F)c(F)cc1[N+](=O)[O-]. The number of nitro groups is 1. The predicted molar refractivity (Wildman–Crippen MR) is 66.5 cm³/mol. The van der Waals surface area contributed by atoms with E-state index in [2.05, 4.69) is 0 Å². The molecule has 108 valence electrons. The average Bonchev–Trinajstić information content (AvgIpc) is 2.42. The number of aromatic carboxylic acids is 1. The molecule has 1 N–H and O–H groups in total. The number of ether oxygens (including phenoxy) is 1. The number of benzene rings is 2. The van der Waals surface area contributed by atoms with E-state index in [1.807, 2.05) is 0 Å². The first-order valence-electron chi connectivity index (χ1n) is 5.53. The third-order valence-corrected chi connectivity index (χ3v) is 2.53. The van der Waals surface area contributed by atoms with Gasteiger partial charge in [-0.1, -0.05) is 12.1 Å². The second kappa shape index (κ2) is 5.53. The van der Waals surface area contributed by atoms with Crippen LogP contribution in [0, 0.1) is 21.7 Å². The molecule has 0 aliphatic heterocycles. The van der Waals surface area contributed by atoms with Crippen molar-refractivity contribution in [1.29, 1.82) is 0 Å². The fourth-order valence-corrected chi connectivity index (χ4v) is 1.59. The topological polar surface area (TPSA) is 89.7 Å². The molecule has 0 unspecified atom stereocenters. The molecule has 2 rings (SSSR count). The smallest absolute Gasteiger partial charge is 0.342 e. The molecule has 8 heteroatoms. The first-order valence-corrected chi connectivity index (χ1v) is 5.53. The lowest BCUT2D eigenvalue weighted by Gasteiger charge is -2.08. The molecule has 0 aliphatic rings. The highest BCUT2D eigenvalue weighted by Crippen LogP contribution is 2.31. The predicted octanol–water partition coefficient (Wildman–Crippen LogP) is 3.36. The Morgan fingerprint density at radius 2 is 1.81 bits per heavy atom. The molecule has 0 saturated heterocycles. The molecule has 0 saturated carbocycles. The van der Waals surface area contributed by atoms with Gasteiger partial charge in [-0.3, -0.25) is 10.1 Å². The van der Waals surface area contributed by atoms with Crippen LogP contribution in [0.25, 0.3) is 0 Å². The van der Waals surface area contributed by atoms with Crippen LogP contribution in [0.2, 0.25) is 0 Å². The van der Waals surface area contributed by atoms with Crippen molar-refractivity contribution in [2.75, 3.05) is 0 Å². The van der Waals surface area contributed by atoms with Crippen molar-refractivity contribution in [3.8, 4) is 11.5 Å². The number of nitro benzene ring substituents is 1. The summed E-state index contributed by atoms with van der Waals surface area (Å²) in [6.07, 6.45) is 0. The minimum Gasteiger partial charge on any atom is -0.477 e. The monoisotopic (exact) mass is 295 g/mol. The summed E-state index contributed by atoms with van der Waals surface area (Å²) >= 11 is 0. The van der Waals surface area contributed by atoms with Crippen molar-refractivity contribution in [1.82, 2.24) is 0 Å². The molecular weight excluding hydrogens is 288 g/mol. The van der Waals surface area contributed by atoms with Gasteiger partial charge in [0, 0.05) is 6.07 Å². The summed E-state index contributed by atoms with van der Waals surface area (Å²) in [6, 6.07) is 6.14. The third-order valence-electron chi connectivity index (χ3n) is 2.53. The summed E-state index contributed by atoms with van der Waals surface area (Å²) in [4.78, 5) is 20.6. The number of carboxylic acids is 1. The maximum atomic E-state index is 13.7. The highest BCUT2D eigenvalue weighted by atomic mass is 19.1. The molecule has 0 spiro atoms. The van der Waals surface area contributed by atoms with Crippen molar-refractivity contribution in [2.24, 2.45) is 0 Å². The van der Waals surface area contributed by atoms with Gasteiger partial charge in [-0.05, 0) is 12.1 Å². The molecule has 0 atom stereocenters. The Balaban J connectivity index is 2.50. The number of para-hydroxylation sites is 1. The van der Waals surface area contributed by atoms with Crippen LogP contribution in [0.15, 0.2) is 36.4 Å². The zero-order chi connectivity index (χ0) is 15.6. The van der Waals surface area contributed by atoms with Crippen molar-refractivity contribution < 1.29 is 28.3 Å². The van der Waals surface area contributed by atoms with E-state index >= 15 is 0 Å². The molecule has 2 aromatic carbocycles. The van der Waals surface area contributed by atoms with Gasteiger partial charge in [-0.2, -0.15) is 0 Å². The van der Waals surface area contributed by atoms with Gasteiger partial charge < -0.3 is 9.84 Å². The Morgan fingerprint density at radius 3 is 2.38 bits per heavy atom. The van der Waals surface area contributed by atoms with Gasteiger partial charge in [0.25, 0.3) is 5.69 Å². The van der Waals surface area contributed by atoms with E-state index in [1.54, 1.807) is 0 Å². The summed E-state index contributed by atoms with van der Waals surface area (Å²) in [5.41, 5.74) is -1.67. The standard InChI is InChI=1S/C13H7F2NO5/c14-8-3-1-2-4-11(8)21-12-5-7(13(17)18)10(16(19)20)6-9(12)15/h1-6H,(H,17,18). The van der Waals surface area contributed by atoms with E-state index in [0.29, 0.717) is 12.1 Å². The molecular formula is C13H7F2NO5. The molecule has 0 radical (unpaired) electrons. The van der Waals surface area contributed by atoms with Crippen molar-refractivity contribution >= 4 is 11.7 Å². The van der Waals surface area contributed by atoms with E-state index in [-0.39, 0.29) is 5.75 Å². The third kappa shape index (κ3) is 2.94. The van der Waals surface area contributed by atoms with Crippen LogP contribution < -0.4 is 4.74 Å². The first-order chi connectivity index (χ1) is 9.90. The molecule has 0 amide bonds. The molecule has 0 heterocycles. The highest BCUT2D eigenvalue weighted by Gasteiger charge is 2.24. The maximum absolute atomic E-state index is 13.7. The minimum atomic E-state index is -1.62. The summed E-state index contributed by atoms with van der Waals surface area (Å²) < 4.78 is 32.1. The van der Waals surface area contributed by atoms with Crippen LogP contribution in [-0.2, 0) is 0 Å². The number of hydrogen-bond acceptors (Lipinski definition) is 4. The second-order valence-corrected chi connectivity index (χ2v) is 3.89. The Labute approximate surface area is 116 Å². The number of hydrogen-bond donors (Lipinski definition) is 1. The number of halogens is 2. The van der Waals surface area contributed by atoms with Gasteiger partial charge in [0.1, 0.15) is 5.56 Å². The van der Waals surface area contributed by atoms with Crippen molar-refractivity contribution in [3.63, 3.8) is 0 Å². The lowest BCUT2D eigenvalue weighted by atomic mass is 10.1. The van der Waals surface area contributed by atoms with Crippen LogP contribution >= 0.6 is 0 Å². The number of rotatable bonds is 4. The summed E-state index contributed by atoms with van der Waals surface area (Å²) in [6.45, 7) is 0. The second-order valence-electron chi connectivity index (χ2n) is 3.89.